The van der Waals surface area contributed by atoms with Crippen molar-refractivity contribution in [1.29, 1.82) is 0 Å². The lowest BCUT2D eigenvalue weighted by Gasteiger charge is -2.37. The lowest BCUT2D eigenvalue weighted by atomic mass is 10.0. The fourth-order valence-corrected chi connectivity index (χ4v) is 4.67. The Bertz CT molecular complexity index is 1180. The van der Waals surface area contributed by atoms with Gasteiger partial charge < -0.3 is 9.80 Å². The standard InChI is InChI=1S/C27H30FN5O/c1-21-3-2-4-26(17-21)31-13-15-32(16-14-31)27(34)20-30-11-9-22(10-12-30)23-18-29-33(19-23)25-7-5-24(28)6-8-25/h2-9,17-19H,10-16,20H2,1H3. The highest BCUT2D eigenvalue weighted by Gasteiger charge is 2.24. The fourth-order valence-electron chi connectivity index (χ4n) is 4.67. The van der Waals surface area contributed by atoms with Crippen LogP contribution in [-0.2, 0) is 4.79 Å². The molecule has 1 saturated heterocycles. The van der Waals surface area contributed by atoms with Crippen molar-refractivity contribution >= 4 is 17.2 Å². The van der Waals surface area contributed by atoms with E-state index in [0.29, 0.717) is 6.54 Å². The maximum absolute atomic E-state index is 13.2. The van der Waals surface area contributed by atoms with Crippen LogP contribution in [0.2, 0.25) is 0 Å². The molecule has 0 bridgehead atoms. The van der Waals surface area contributed by atoms with Crippen molar-refractivity contribution in [1.82, 2.24) is 19.6 Å². The molecule has 0 aliphatic carbocycles. The number of hydrogen-bond acceptors (Lipinski definition) is 4. The molecule has 0 spiro atoms. The first-order chi connectivity index (χ1) is 16.5. The van der Waals surface area contributed by atoms with Gasteiger partial charge in [-0.25, -0.2) is 9.07 Å². The average molecular weight is 460 g/mol. The Hall–Kier alpha value is -3.45. The summed E-state index contributed by atoms with van der Waals surface area (Å²) in [7, 11) is 0. The van der Waals surface area contributed by atoms with Crippen molar-refractivity contribution in [3.05, 3.63) is 83.9 Å². The molecule has 2 aliphatic heterocycles. The van der Waals surface area contributed by atoms with Gasteiger partial charge in [0.05, 0.1) is 18.4 Å². The first-order valence-corrected chi connectivity index (χ1v) is 11.9. The molecule has 2 aliphatic rings. The minimum atomic E-state index is -0.256. The number of benzene rings is 2. The number of aromatic nitrogens is 2. The van der Waals surface area contributed by atoms with Gasteiger partial charge >= 0.3 is 0 Å². The first kappa shape index (κ1) is 22.3. The van der Waals surface area contributed by atoms with Gasteiger partial charge in [0.25, 0.3) is 0 Å². The van der Waals surface area contributed by atoms with Gasteiger partial charge in [-0.2, -0.15) is 5.10 Å². The summed E-state index contributed by atoms with van der Waals surface area (Å²) in [5, 5.41) is 4.43. The van der Waals surface area contributed by atoms with Gasteiger partial charge in [-0.15, -0.1) is 0 Å². The summed E-state index contributed by atoms with van der Waals surface area (Å²) in [6, 6.07) is 14.9. The molecule has 1 fully saturated rings. The Morgan fingerprint density at radius 1 is 1.00 bits per heavy atom. The SMILES string of the molecule is Cc1cccc(N2CCN(C(=O)CN3CC=C(c4cnn(-c5ccc(F)cc5)c4)CC3)CC2)c1. The van der Waals surface area contributed by atoms with Crippen molar-refractivity contribution < 1.29 is 9.18 Å². The highest BCUT2D eigenvalue weighted by molar-refractivity contribution is 5.79. The first-order valence-electron chi connectivity index (χ1n) is 11.9. The summed E-state index contributed by atoms with van der Waals surface area (Å²) < 4.78 is 14.9. The summed E-state index contributed by atoms with van der Waals surface area (Å²) in [6.07, 6.45) is 6.90. The molecule has 5 rings (SSSR count). The van der Waals surface area contributed by atoms with Crippen LogP contribution in [0.15, 0.2) is 67.0 Å². The summed E-state index contributed by atoms with van der Waals surface area (Å²) in [5.41, 5.74) is 5.64. The normalized spacial score (nSPS) is 17.1. The Kier molecular flexibility index (Phi) is 6.45. The van der Waals surface area contributed by atoms with E-state index in [4.69, 9.17) is 0 Å². The number of amides is 1. The summed E-state index contributed by atoms with van der Waals surface area (Å²) in [5.74, 6) is -0.0428. The molecule has 3 heterocycles. The zero-order chi connectivity index (χ0) is 23.5. The summed E-state index contributed by atoms with van der Waals surface area (Å²) in [6.45, 7) is 7.46. The van der Waals surface area contributed by atoms with Crippen LogP contribution < -0.4 is 4.90 Å². The highest BCUT2D eigenvalue weighted by Crippen LogP contribution is 2.23. The van der Waals surface area contributed by atoms with E-state index in [1.165, 1.54) is 29.0 Å². The van der Waals surface area contributed by atoms with E-state index in [1.54, 1.807) is 16.8 Å². The molecule has 1 amide bonds. The van der Waals surface area contributed by atoms with Gasteiger partial charge in [-0.05, 0) is 60.9 Å². The second-order valence-electron chi connectivity index (χ2n) is 9.07. The molecule has 7 heteroatoms. The smallest absolute Gasteiger partial charge is 0.236 e. The van der Waals surface area contributed by atoms with Gasteiger partial charge in [-0.1, -0.05) is 18.2 Å². The topological polar surface area (TPSA) is 44.6 Å². The molecule has 3 aromatic rings. The van der Waals surface area contributed by atoms with Crippen LogP contribution in [0.25, 0.3) is 11.3 Å². The van der Waals surface area contributed by atoms with Crippen LogP contribution in [0.5, 0.6) is 0 Å². The van der Waals surface area contributed by atoms with Crippen LogP contribution in [0, 0.1) is 12.7 Å². The molecule has 1 aromatic heterocycles. The monoisotopic (exact) mass is 459 g/mol. The maximum Gasteiger partial charge on any atom is 0.236 e. The van der Waals surface area contributed by atoms with Crippen molar-refractivity contribution in [2.24, 2.45) is 0 Å². The number of nitrogens with zero attached hydrogens (tertiary/aromatic N) is 5. The number of piperazine rings is 1. The molecule has 0 atom stereocenters. The number of hydrogen-bond donors (Lipinski definition) is 0. The Balaban J connectivity index is 1.12. The fraction of sp³-hybridized carbons (Fsp3) is 0.333. The number of anilines is 1. The molecule has 176 valence electrons. The lowest BCUT2D eigenvalue weighted by Crippen LogP contribution is -2.51. The van der Waals surface area contributed by atoms with Crippen LogP contribution in [0.1, 0.15) is 17.5 Å². The number of carbonyl (C=O) groups excluding carboxylic acids is 1. The van der Waals surface area contributed by atoms with Crippen LogP contribution in [-0.4, -0.2) is 71.3 Å². The third kappa shape index (κ3) is 5.04. The second-order valence-corrected chi connectivity index (χ2v) is 9.07. The van der Waals surface area contributed by atoms with Gasteiger partial charge in [0.2, 0.25) is 5.91 Å². The molecule has 0 N–H and O–H groups in total. The van der Waals surface area contributed by atoms with Crippen molar-refractivity contribution in [2.45, 2.75) is 13.3 Å². The number of aryl methyl sites for hydroxylation is 1. The average Bonchev–Trinajstić information content (AvgIpc) is 3.35. The van der Waals surface area contributed by atoms with Gasteiger partial charge in [0, 0.05) is 56.7 Å². The van der Waals surface area contributed by atoms with E-state index in [0.717, 1.165) is 56.9 Å². The van der Waals surface area contributed by atoms with Crippen LogP contribution in [0.3, 0.4) is 0 Å². The Morgan fingerprint density at radius 2 is 1.79 bits per heavy atom. The molecule has 34 heavy (non-hydrogen) atoms. The quantitative estimate of drug-likeness (QED) is 0.583. The van der Waals surface area contributed by atoms with E-state index in [-0.39, 0.29) is 11.7 Å². The molecule has 2 aromatic carbocycles. The predicted octanol–water partition coefficient (Wildman–Crippen LogP) is 3.76. The molecule has 6 nitrogen and oxygen atoms in total. The van der Waals surface area contributed by atoms with Gasteiger partial charge in [0.1, 0.15) is 5.82 Å². The summed E-state index contributed by atoms with van der Waals surface area (Å²) in [4.78, 5) is 19.5. The number of halogens is 1. The minimum absolute atomic E-state index is 0.213. The highest BCUT2D eigenvalue weighted by atomic mass is 19.1. The molecule has 0 radical (unpaired) electrons. The third-order valence-corrected chi connectivity index (χ3v) is 6.70. The minimum Gasteiger partial charge on any atom is -0.368 e. The number of rotatable bonds is 5. The van der Waals surface area contributed by atoms with E-state index in [1.807, 2.05) is 17.3 Å². The van der Waals surface area contributed by atoms with Crippen molar-refractivity contribution in [3.8, 4) is 5.69 Å². The van der Waals surface area contributed by atoms with Crippen LogP contribution in [0.4, 0.5) is 10.1 Å². The lowest BCUT2D eigenvalue weighted by molar-refractivity contribution is -0.132. The van der Waals surface area contributed by atoms with E-state index >= 15 is 0 Å². The number of carbonyl (C=O) groups is 1. The van der Waals surface area contributed by atoms with Gasteiger partial charge in [0.15, 0.2) is 0 Å². The maximum atomic E-state index is 13.2. The van der Waals surface area contributed by atoms with Crippen molar-refractivity contribution in [2.75, 3.05) is 50.7 Å². The van der Waals surface area contributed by atoms with Crippen LogP contribution >= 0.6 is 0 Å². The molecule has 0 saturated carbocycles. The largest absolute Gasteiger partial charge is 0.368 e. The van der Waals surface area contributed by atoms with Gasteiger partial charge in [-0.3, -0.25) is 9.69 Å². The Morgan fingerprint density at radius 3 is 2.50 bits per heavy atom. The van der Waals surface area contributed by atoms with Crippen molar-refractivity contribution in [3.63, 3.8) is 0 Å². The van der Waals surface area contributed by atoms with E-state index in [2.05, 4.69) is 52.2 Å². The van der Waals surface area contributed by atoms with E-state index in [9.17, 15) is 9.18 Å². The van der Waals surface area contributed by atoms with E-state index < -0.39 is 0 Å². The zero-order valence-electron chi connectivity index (χ0n) is 19.5. The summed E-state index contributed by atoms with van der Waals surface area (Å²) >= 11 is 0. The second kappa shape index (κ2) is 9.81. The Labute approximate surface area is 199 Å². The molecule has 0 unspecified atom stereocenters. The zero-order valence-corrected chi connectivity index (χ0v) is 19.5. The third-order valence-electron chi connectivity index (χ3n) is 6.70. The predicted molar refractivity (Wildman–Crippen MR) is 133 cm³/mol. The molecular weight excluding hydrogens is 429 g/mol. The molecular formula is C27H30FN5O.